The van der Waals surface area contributed by atoms with Crippen molar-refractivity contribution in [3.63, 3.8) is 0 Å². The van der Waals surface area contributed by atoms with Crippen LogP contribution in [0.4, 0.5) is 15.9 Å². The number of rotatable bonds is 4. The van der Waals surface area contributed by atoms with E-state index in [1.54, 1.807) is 30.5 Å². The Hall–Kier alpha value is -2.43. The van der Waals surface area contributed by atoms with Crippen LogP contribution in [-0.2, 0) is 11.2 Å². The molecule has 1 aliphatic heterocycles. The van der Waals surface area contributed by atoms with E-state index in [9.17, 15) is 9.18 Å². The summed E-state index contributed by atoms with van der Waals surface area (Å²) in [6, 6.07) is 10.0. The Bertz CT molecular complexity index is 651. The lowest BCUT2D eigenvalue weighted by molar-refractivity contribution is -0.115. The van der Waals surface area contributed by atoms with Gasteiger partial charge in [-0.3, -0.25) is 4.79 Å². The van der Waals surface area contributed by atoms with Crippen LogP contribution in [0.5, 0.6) is 0 Å². The Morgan fingerprint density at radius 2 is 1.95 bits per heavy atom. The summed E-state index contributed by atoms with van der Waals surface area (Å²) in [5.41, 5.74) is 1.46. The number of amides is 1. The van der Waals surface area contributed by atoms with Crippen LogP contribution in [0.15, 0.2) is 42.6 Å². The fourth-order valence-corrected chi connectivity index (χ4v) is 2.62. The number of anilines is 2. The number of carbonyl (C=O) groups excluding carboxylic acids is 1. The van der Waals surface area contributed by atoms with Crippen molar-refractivity contribution < 1.29 is 9.18 Å². The molecule has 1 aromatic carbocycles. The van der Waals surface area contributed by atoms with Crippen LogP contribution in [0, 0.1) is 5.82 Å². The van der Waals surface area contributed by atoms with Crippen molar-refractivity contribution in [2.75, 3.05) is 23.3 Å². The molecular weight excluding hydrogens is 281 g/mol. The molecule has 1 fully saturated rings. The molecule has 0 spiro atoms. The number of halogens is 1. The first-order valence-electron chi connectivity index (χ1n) is 7.46. The van der Waals surface area contributed by atoms with Gasteiger partial charge >= 0.3 is 0 Å². The van der Waals surface area contributed by atoms with Crippen molar-refractivity contribution in [2.45, 2.75) is 19.3 Å². The van der Waals surface area contributed by atoms with E-state index in [-0.39, 0.29) is 18.1 Å². The highest BCUT2D eigenvalue weighted by molar-refractivity contribution is 5.91. The largest absolute Gasteiger partial charge is 0.370 e. The second kappa shape index (κ2) is 6.56. The van der Waals surface area contributed by atoms with Crippen molar-refractivity contribution in [2.24, 2.45) is 0 Å². The van der Waals surface area contributed by atoms with E-state index in [1.165, 1.54) is 18.9 Å². The van der Waals surface area contributed by atoms with E-state index in [1.807, 2.05) is 6.07 Å². The van der Waals surface area contributed by atoms with Crippen LogP contribution in [0.3, 0.4) is 0 Å². The maximum absolute atomic E-state index is 13.5. The fraction of sp³-hybridized carbons (Fsp3) is 0.294. The molecule has 3 rings (SSSR count). The molecule has 1 amide bonds. The highest BCUT2D eigenvalue weighted by Crippen LogP contribution is 2.20. The molecule has 0 radical (unpaired) electrons. The summed E-state index contributed by atoms with van der Waals surface area (Å²) in [6.45, 7) is 2.11. The third-order valence-electron chi connectivity index (χ3n) is 3.80. The lowest BCUT2D eigenvalue weighted by Crippen LogP contribution is -2.19. The van der Waals surface area contributed by atoms with E-state index in [4.69, 9.17) is 0 Å². The number of pyridine rings is 1. The first-order valence-corrected chi connectivity index (χ1v) is 7.46. The highest BCUT2D eigenvalue weighted by Gasteiger charge is 2.13. The second-order valence-corrected chi connectivity index (χ2v) is 5.41. The van der Waals surface area contributed by atoms with Gasteiger partial charge in [-0.15, -0.1) is 0 Å². The molecule has 1 aromatic heterocycles. The normalized spacial score (nSPS) is 14.1. The average Bonchev–Trinajstić information content (AvgIpc) is 3.05. The van der Waals surface area contributed by atoms with Crippen LogP contribution in [0.1, 0.15) is 18.4 Å². The average molecular weight is 299 g/mol. The molecule has 22 heavy (non-hydrogen) atoms. The Labute approximate surface area is 129 Å². The second-order valence-electron chi connectivity index (χ2n) is 5.41. The predicted octanol–water partition coefficient (Wildman–Crippen LogP) is 3.00. The van der Waals surface area contributed by atoms with Crippen molar-refractivity contribution in [3.8, 4) is 0 Å². The summed E-state index contributed by atoms with van der Waals surface area (Å²) in [5, 5.41) is 2.70. The summed E-state index contributed by atoms with van der Waals surface area (Å²) in [7, 11) is 0. The topological polar surface area (TPSA) is 45.2 Å². The quantitative estimate of drug-likeness (QED) is 0.944. The summed E-state index contributed by atoms with van der Waals surface area (Å²) < 4.78 is 13.5. The first-order chi connectivity index (χ1) is 10.7. The van der Waals surface area contributed by atoms with Crippen LogP contribution in [0.2, 0.25) is 0 Å². The number of hydrogen-bond acceptors (Lipinski definition) is 3. The predicted molar refractivity (Wildman–Crippen MR) is 84.4 cm³/mol. The van der Waals surface area contributed by atoms with Crippen molar-refractivity contribution >= 4 is 17.4 Å². The van der Waals surface area contributed by atoms with Crippen LogP contribution in [0.25, 0.3) is 0 Å². The first kappa shape index (κ1) is 14.5. The molecule has 1 saturated heterocycles. The zero-order valence-electron chi connectivity index (χ0n) is 12.3. The van der Waals surface area contributed by atoms with Gasteiger partial charge in [-0.2, -0.15) is 0 Å². The van der Waals surface area contributed by atoms with Gasteiger partial charge in [0.15, 0.2) is 0 Å². The van der Waals surface area contributed by atoms with Crippen LogP contribution >= 0.6 is 0 Å². The summed E-state index contributed by atoms with van der Waals surface area (Å²) in [6.07, 6.45) is 4.19. The monoisotopic (exact) mass is 299 g/mol. The van der Waals surface area contributed by atoms with Gasteiger partial charge in [-0.1, -0.05) is 18.2 Å². The van der Waals surface area contributed by atoms with Gasteiger partial charge in [0.2, 0.25) is 5.91 Å². The summed E-state index contributed by atoms with van der Waals surface area (Å²) in [5.74, 6) is -0.147. The fourth-order valence-electron chi connectivity index (χ4n) is 2.62. The van der Waals surface area contributed by atoms with Crippen LogP contribution < -0.4 is 10.2 Å². The van der Waals surface area contributed by atoms with E-state index in [2.05, 4.69) is 15.2 Å². The molecule has 1 N–H and O–H groups in total. The molecule has 2 heterocycles. The molecule has 1 aliphatic rings. The Kier molecular flexibility index (Phi) is 4.32. The maximum atomic E-state index is 13.5. The van der Waals surface area contributed by atoms with Gasteiger partial charge in [0.1, 0.15) is 11.6 Å². The Morgan fingerprint density at radius 1 is 1.18 bits per heavy atom. The van der Waals surface area contributed by atoms with E-state index in [0.717, 1.165) is 18.8 Å². The SMILES string of the molecule is O=C(Cc1ccccc1F)Nc1ccc(N2CCCC2)cn1. The van der Waals surface area contributed by atoms with Crippen LogP contribution in [-0.4, -0.2) is 24.0 Å². The van der Waals surface area contributed by atoms with Gasteiger partial charge < -0.3 is 10.2 Å². The number of benzene rings is 1. The molecule has 5 heteroatoms. The molecule has 114 valence electrons. The van der Waals surface area contributed by atoms with Crippen molar-refractivity contribution in [1.82, 2.24) is 4.98 Å². The summed E-state index contributed by atoms with van der Waals surface area (Å²) >= 11 is 0. The third kappa shape index (κ3) is 3.42. The van der Waals surface area contributed by atoms with Gasteiger partial charge in [0.05, 0.1) is 18.3 Å². The molecule has 4 nitrogen and oxygen atoms in total. The molecule has 0 saturated carbocycles. The maximum Gasteiger partial charge on any atom is 0.230 e. The van der Waals surface area contributed by atoms with Crippen molar-refractivity contribution in [1.29, 1.82) is 0 Å². The number of nitrogens with zero attached hydrogens (tertiary/aromatic N) is 2. The lowest BCUT2D eigenvalue weighted by atomic mass is 10.1. The van der Waals surface area contributed by atoms with E-state index >= 15 is 0 Å². The third-order valence-corrected chi connectivity index (χ3v) is 3.80. The van der Waals surface area contributed by atoms with Crippen molar-refractivity contribution in [3.05, 3.63) is 54.0 Å². The molecule has 0 aliphatic carbocycles. The lowest BCUT2D eigenvalue weighted by Gasteiger charge is -2.17. The number of carbonyl (C=O) groups is 1. The van der Waals surface area contributed by atoms with Gasteiger partial charge in [0.25, 0.3) is 0 Å². The minimum Gasteiger partial charge on any atom is -0.370 e. The molecular formula is C17H18FN3O. The number of hydrogen-bond donors (Lipinski definition) is 1. The van der Waals surface area contributed by atoms with E-state index < -0.39 is 0 Å². The van der Waals surface area contributed by atoms with Gasteiger partial charge in [-0.25, -0.2) is 9.37 Å². The zero-order chi connectivity index (χ0) is 15.4. The number of aromatic nitrogens is 1. The van der Waals surface area contributed by atoms with Gasteiger partial charge in [0, 0.05) is 13.1 Å². The minimum atomic E-state index is -0.366. The standard InChI is InChI=1S/C17H18FN3O/c18-15-6-2-1-5-13(15)11-17(22)20-16-8-7-14(12-19-16)21-9-3-4-10-21/h1-2,5-8,12H,3-4,9-11H2,(H,19,20,22). The zero-order valence-corrected chi connectivity index (χ0v) is 12.3. The minimum absolute atomic E-state index is 0.00221. The Balaban J connectivity index is 1.60. The Morgan fingerprint density at radius 3 is 2.64 bits per heavy atom. The molecule has 0 bridgehead atoms. The highest BCUT2D eigenvalue weighted by atomic mass is 19.1. The van der Waals surface area contributed by atoms with Gasteiger partial charge in [-0.05, 0) is 36.6 Å². The molecule has 2 aromatic rings. The van der Waals surface area contributed by atoms with E-state index in [0.29, 0.717) is 11.4 Å². The smallest absolute Gasteiger partial charge is 0.230 e. The summed E-state index contributed by atoms with van der Waals surface area (Å²) in [4.78, 5) is 18.5. The molecule has 0 atom stereocenters. The molecule has 0 unspecified atom stereocenters. The number of nitrogens with one attached hydrogen (secondary N) is 1.